The van der Waals surface area contributed by atoms with Crippen LogP contribution in [0.4, 0.5) is 5.69 Å². The number of amides is 2. The predicted octanol–water partition coefficient (Wildman–Crippen LogP) is 2.90. The first-order valence-electron chi connectivity index (χ1n) is 11.0. The van der Waals surface area contributed by atoms with E-state index in [0.29, 0.717) is 30.8 Å². The molecule has 0 saturated carbocycles. The number of hydrogen-bond donors (Lipinski definition) is 2. The van der Waals surface area contributed by atoms with Crippen LogP contribution in [0, 0.1) is 5.92 Å². The van der Waals surface area contributed by atoms with Gasteiger partial charge in [0.05, 0.1) is 23.4 Å². The Bertz CT molecular complexity index is 1130. The molecule has 8 heteroatoms. The zero-order valence-electron chi connectivity index (χ0n) is 19.2. The monoisotopic (exact) mass is 447 g/mol. The van der Waals surface area contributed by atoms with Crippen molar-refractivity contribution in [3.63, 3.8) is 0 Å². The maximum atomic E-state index is 13.3. The van der Waals surface area contributed by atoms with Crippen molar-refractivity contribution in [2.75, 3.05) is 46.2 Å². The maximum absolute atomic E-state index is 13.3. The molecule has 1 aromatic heterocycles. The van der Waals surface area contributed by atoms with Gasteiger partial charge in [0.1, 0.15) is 12.4 Å². The normalized spacial score (nSPS) is 15.0. The molecule has 0 spiro atoms. The van der Waals surface area contributed by atoms with Gasteiger partial charge < -0.3 is 19.9 Å². The van der Waals surface area contributed by atoms with E-state index in [9.17, 15) is 9.59 Å². The fourth-order valence-electron chi connectivity index (χ4n) is 3.81. The lowest BCUT2D eigenvalue weighted by Gasteiger charge is -2.25. The van der Waals surface area contributed by atoms with E-state index in [2.05, 4.69) is 15.5 Å². The van der Waals surface area contributed by atoms with E-state index in [1.807, 2.05) is 55.4 Å². The molecule has 2 heterocycles. The standard InChI is InChI=1S/C25H29N5O3/c1-29(2)10-11-30(3)25(32)21-13-17(20-14-26-27-15-20)8-9-22(21)28-24(31)19-12-18-6-4-5-7-23(18)33-16-19/h4-9,13-15,19H,10-12,16H2,1-3H3,(H,26,27)(H,28,31). The van der Waals surface area contributed by atoms with Crippen LogP contribution in [-0.4, -0.2) is 72.7 Å². The van der Waals surface area contributed by atoms with Crippen LogP contribution in [0.3, 0.4) is 0 Å². The van der Waals surface area contributed by atoms with Crippen molar-refractivity contribution in [1.82, 2.24) is 20.0 Å². The lowest BCUT2D eigenvalue weighted by molar-refractivity contribution is -0.121. The molecular formula is C25H29N5O3. The van der Waals surface area contributed by atoms with Crippen LogP contribution in [0.2, 0.25) is 0 Å². The molecule has 1 aliphatic rings. The zero-order chi connectivity index (χ0) is 23.4. The van der Waals surface area contributed by atoms with E-state index < -0.39 is 0 Å². The third-order valence-corrected chi connectivity index (χ3v) is 5.82. The first-order chi connectivity index (χ1) is 15.9. The van der Waals surface area contributed by atoms with E-state index in [4.69, 9.17) is 4.74 Å². The number of likely N-dealkylation sites (N-methyl/N-ethyl adjacent to an activating group) is 2. The summed E-state index contributed by atoms with van der Waals surface area (Å²) in [6.07, 6.45) is 4.07. The minimum atomic E-state index is -0.331. The summed E-state index contributed by atoms with van der Waals surface area (Å²) in [5, 5.41) is 9.78. The highest BCUT2D eigenvalue weighted by atomic mass is 16.5. The summed E-state index contributed by atoms with van der Waals surface area (Å²) in [6.45, 7) is 1.62. The van der Waals surface area contributed by atoms with Gasteiger partial charge in [-0.15, -0.1) is 0 Å². The number of aromatic amines is 1. The van der Waals surface area contributed by atoms with Gasteiger partial charge in [-0.3, -0.25) is 14.7 Å². The number of anilines is 1. The van der Waals surface area contributed by atoms with Crippen LogP contribution >= 0.6 is 0 Å². The van der Waals surface area contributed by atoms with Crippen molar-refractivity contribution < 1.29 is 14.3 Å². The fourth-order valence-corrected chi connectivity index (χ4v) is 3.81. The van der Waals surface area contributed by atoms with Crippen LogP contribution in [0.25, 0.3) is 11.1 Å². The first-order valence-corrected chi connectivity index (χ1v) is 11.0. The summed E-state index contributed by atoms with van der Waals surface area (Å²) >= 11 is 0. The molecule has 33 heavy (non-hydrogen) atoms. The number of nitrogens with one attached hydrogen (secondary N) is 2. The van der Waals surface area contributed by atoms with Crippen LogP contribution in [0.5, 0.6) is 5.75 Å². The highest BCUT2D eigenvalue weighted by molar-refractivity contribution is 6.05. The van der Waals surface area contributed by atoms with Crippen molar-refractivity contribution >= 4 is 17.5 Å². The average Bonchev–Trinajstić information content (AvgIpc) is 3.37. The lowest BCUT2D eigenvalue weighted by Crippen LogP contribution is -2.35. The molecule has 4 rings (SSSR count). The summed E-state index contributed by atoms with van der Waals surface area (Å²) in [4.78, 5) is 30.1. The molecule has 1 unspecified atom stereocenters. The van der Waals surface area contributed by atoms with Gasteiger partial charge in [0, 0.05) is 31.9 Å². The van der Waals surface area contributed by atoms with Crippen LogP contribution in [0.15, 0.2) is 54.9 Å². The molecule has 1 aliphatic heterocycles. The van der Waals surface area contributed by atoms with Gasteiger partial charge in [-0.2, -0.15) is 5.10 Å². The summed E-state index contributed by atoms with van der Waals surface area (Å²) in [6, 6.07) is 13.2. The van der Waals surface area contributed by atoms with Crippen LogP contribution < -0.4 is 10.1 Å². The number of nitrogens with zero attached hydrogens (tertiary/aromatic N) is 3. The number of para-hydroxylation sites is 1. The molecule has 172 valence electrons. The summed E-state index contributed by atoms with van der Waals surface area (Å²) < 4.78 is 5.78. The topological polar surface area (TPSA) is 90.6 Å². The Hall–Kier alpha value is -3.65. The molecule has 2 N–H and O–H groups in total. The maximum Gasteiger partial charge on any atom is 0.255 e. The smallest absolute Gasteiger partial charge is 0.255 e. The second-order valence-corrected chi connectivity index (χ2v) is 8.59. The summed E-state index contributed by atoms with van der Waals surface area (Å²) in [5.74, 6) is 0.181. The van der Waals surface area contributed by atoms with Gasteiger partial charge in [0.2, 0.25) is 5.91 Å². The molecule has 8 nitrogen and oxygen atoms in total. The third kappa shape index (κ3) is 5.23. The summed E-state index contributed by atoms with van der Waals surface area (Å²) in [7, 11) is 5.70. The molecule has 0 radical (unpaired) electrons. The lowest BCUT2D eigenvalue weighted by atomic mass is 9.95. The Kier molecular flexibility index (Phi) is 6.74. The molecule has 3 aromatic rings. The third-order valence-electron chi connectivity index (χ3n) is 5.82. The number of hydrogen-bond acceptors (Lipinski definition) is 5. The number of fused-ring (bicyclic) bond motifs is 1. The van der Waals surface area contributed by atoms with E-state index >= 15 is 0 Å². The molecule has 0 aliphatic carbocycles. The van der Waals surface area contributed by atoms with Gasteiger partial charge in [-0.1, -0.05) is 24.3 Å². The van der Waals surface area contributed by atoms with Crippen molar-refractivity contribution in [2.24, 2.45) is 5.92 Å². The Morgan fingerprint density at radius 1 is 1.12 bits per heavy atom. The molecule has 2 aromatic carbocycles. The largest absolute Gasteiger partial charge is 0.492 e. The van der Waals surface area contributed by atoms with Crippen molar-refractivity contribution in [2.45, 2.75) is 6.42 Å². The Labute approximate surface area is 193 Å². The minimum absolute atomic E-state index is 0.150. The van der Waals surface area contributed by atoms with Crippen LogP contribution in [0.1, 0.15) is 15.9 Å². The number of aromatic nitrogens is 2. The zero-order valence-corrected chi connectivity index (χ0v) is 19.2. The van der Waals surface area contributed by atoms with E-state index in [1.54, 1.807) is 30.4 Å². The summed E-state index contributed by atoms with van der Waals surface area (Å²) in [5.41, 5.74) is 3.67. The van der Waals surface area contributed by atoms with Gasteiger partial charge >= 0.3 is 0 Å². The molecule has 2 amide bonds. The number of H-pyrrole nitrogens is 1. The number of benzene rings is 2. The first kappa shape index (κ1) is 22.5. The highest BCUT2D eigenvalue weighted by Crippen LogP contribution is 2.29. The second-order valence-electron chi connectivity index (χ2n) is 8.59. The van der Waals surface area contributed by atoms with Gasteiger partial charge in [-0.05, 0) is 49.8 Å². The minimum Gasteiger partial charge on any atom is -0.492 e. The molecule has 0 bridgehead atoms. The van der Waals surface area contributed by atoms with Crippen molar-refractivity contribution in [3.05, 3.63) is 66.0 Å². The van der Waals surface area contributed by atoms with E-state index in [-0.39, 0.29) is 17.7 Å². The van der Waals surface area contributed by atoms with Crippen molar-refractivity contribution in [3.8, 4) is 16.9 Å². The van der Waals surface area contributed by atoms with E-state index in [1.165, 1.54) is 0 Å². The second kappa shape index (κ2) is 9.87. The Balaban J connectivity index is 1.57. The Morgan fingerprint density at radius 3 is 2.70 bits per heavy atom. The number of rotatable bonds is 7. The number of carbonyl (C=O) groups excluding carboxylic acids is 2. The fraction of sp³-hybridized carbons (Fsp3) is 0.320. The van der Waals surface area contributed by atoms with Crippen molar-refractivity contribution in [1.29, 1.82) is 0 Å². The van der Waals surface area contributed by atoms with Gasteiger partial charge in [-0.25, -0.2) is 0 Å². The molecule has 0 fully saturated rings. The van der Waals surface area contributed by atoms with E-state index in [0.717, 1.165) is 29.0 Å². The Morgan fingerprint density at radius 2 is 1.94 bits per heavy atom. The molecule has 0 saturated heterocycles. The van der Waals surface area contributed by atoms with Crippen LogP contribution in [-0.2, 0) is 11.2 Å². The number of carbonyl (C=O) groups is 2. The van der Waals surface area contributed by atoms with Gasteiger partial charge in [0.15, 0.2) is 0 Å². The molecule has 1 atom stereocenters. The SMILES string of the molecule is CN(C)CCN(C)C(=O)c1cc(-c2cn[nH]c2)ccc1NC(=O)C1COc2ccccc2C1. The van der Waals surface area contributed by atoms with Gasteiger partial charge in [0.25, 0.3) is 5.91 Å². The quantitative estimate of drug-likeness (QED) is 0.581. The molecular weight excluding hydrogens is 418 g/mol. The average molecular weight is 448 g/mol. The predicted molar refractivity (Wildman–Crippen MR) is 127 cm³/mol. The number of ether oxygens (including phenoxy) is 1. The highest BCUT2D eigenvalue weighted by Gasteiger charge is 2.27.